The van der Waals surface area contributed by atoms with E-state index < -0.39 is 33.7 Å². The highest BCUT2D eigenvalue weighted by atomic mass is 32.2. The number of carbonyl (C=O) groups excluding carboxylic acids is 3. The van der Waals surface area contributed by atoms with E-state index in [1.807, 2.05) is 0 Å². The number of fused-ring (bicyclic) bond motifs is 1. The van der Waals surface area contributed by atoms with Gasteiger partial charge in [0, 0.05) is 25.6 Å². The molecular formula is C26H30FN3O5S. The summed E-state index contributed by atoms with van der Waals surface area (Å²) in [6.07, 6.45) is 3.93. The summed E-state index contributed by atoms with van der Waals surface area (Å²) in [4.78, 5) is 40.7. The Kier molecular flexibility index (Phi) is 7.73. The molecule has 2 aliphatic rings. The van der Waals surface area contributed by atoms with E-state index in [0.717, 1.165) is 25.7 Å². The zero-order valence-electron chi connectivity index (χ0n) is 20.2. The normalized spacial score (nSPS) is 17.6. The SMILES string of the molecule is CC[C@@H](C(=O)NC1CCCC1)N(Cc1ccc(F)cc1)C(=O)CCN1C(=O)c2ccccc2S1(=O)=O. The van der Waals surface area contributed by atoms with Crippen molar-refractivity contribution in [2.75, 3.05) is 6.54 Å². The minimum absolute atomic E-state index is 0.0522. The summed E-state index contributed by atoms with van der Waals surface area (Å²) in [6, 6.07) is 10.9. The zero-order chi connectivity index (χ0) is 25.9. The summed E-state index contributed by atoms with van der Waals surface area (Å²) in [6.45, 7) is 1.51. The number of amides is 3. The topological polar surface area (TPSA) is 104 Å². The van der Waals surface area contributed by atoms with Gasteiger partial charge >= 0.3 is 0 Å². The van der Waals surface area contributed by atoms with Gasteiger partial charge in [-0.05, 0) is 49.1 Å². The van der Waals surface area contributed by atoms with E-state index >= 15 is 0 Å². The van der Waals surface area contributed by atoms with Crippen LogP contribution in [0.1, 0.15) is 61.4 Å². The van der Waals surface area contributed by atoms with Crippen LogP contribution in [-0.4, -0.2) is 54.0 Å². The summed E-state index contributed by atoms with van der Waals surface area (Å²) >= 11 is 0. The smallest absolute Gasteiger partial charge is 0.269 e. The van der Waals surface area contributed by atoms with Crippen molar-refractivity contribution in [1.29, 1.82) is 0 Å². The van der Waals surface area contributed by atoms with E-state index in [1.165, 1.54) is 35.2 Å². The maximum absolute atomic E-state index is 13.4. The van der Waals surface area contributed by atoms with Crippen LogP contribution in [0.4, 0.5) is 4.39 Å². The van der Waals surface area contributed by atoms with Crippen molar-refractivity contribution in [1.82, 2.24) is 14.5 Å². The molecule has 1 aliphatic carbocycles. The van der Waals surface area contributed by atoms with E-state index in [2.05, 4.69) is 5.32 Å². The lowest BCUT2D eigenvalue weighted by atomic mass is 10.1. The van der Waals surface area contributed by atoms with Crippen molar-refractivity contribution in [2.45, 2.75) is 69.0 Å². The lowest BCUT2D eigenvalue weighted by molar-refractivity contribution is -0.141. The number of carbonyl (C=O) groups is 3. The molecule has 10 heteroatoms. The number of nitrogens with zero attached hydrogens (tertiary/aromatic N) is 2. The van der Waals surface area contributed by atoms with Crippen LogP contribution in [0, 0.1) is 5.82 Å². The molecule has 0 spiro atoms. The summed E-state index contributed by atoms with van der Waals surface area (Å²) in [5.41, 5.74) is 0.713. The van der Waals surface area contributed by atoms with Crippen LogP contribution >= 0.6 is 0 Å². The fourth-order valence-electron chi connectivity index (χ4n) is 4.87. The van der Waals surface area contributed by atoms with Gasteiger partial charge in [0.1, 0.15) is 16.8 Å². The van der Waals surface area contributed by atoms with Crippen LogP contribution in [0.25, 0.3) is 0 Å². The van der Waals surface area contributed by atoms with E-state index in [1.54, 1.807) is 25.1 Å². The average molecular weight is 516 g/mol. The second kappa shape index (κ2) is 10.8. The van der Waals surface area contributed by atoms with Gasteiger partial charge in [-0.25, -0.2) is 17.1 Å². The molecule has 1 fully saturated rings. The lowest BCUT2D eigenvalue weighted by Gasteiger charge is -2.32. The maximum atomic E-state index is 13.4. The first-order valence-electron chi connectivity index (χ1n) is 12.2. The van der Waals surface area contributed by atoms with Gasteiger partial charge in [-0.3, -0.25) is 14.4 Å². The fraction of sp³-hybridized carbons (Fsp3) is 0.423. The number of benzene rings is 2. The van der Waals surface area contributed by atoms with Gasteiger partial charge in [-0.15, -0.1) is 0 Å². The van der Waals surface area contributed by atoms with E-state index in [0.29, 0.717) is 16.3 Å². The van der Waals surface area contributed by atoms with Gasteiger partial charge < -0.3 is 10.2 Å². The van der Waals surface area contributed by atoms with Crippen LogP contribution in [0.5, 0.6) is 0 Å². The number of halogens is 1. The highest BCUT2D eigenvalue weighted by Crippen LogP contribution is 2.30. The summed E-state index contributed by atoms with van der Waals surface area (Å²) < 4.78 is 39.9. The van der Waals surface area contributed by atoms with Gasteiger partial charge in [0.2, 0.25) is 11.8 Å². The Bertz CT molecular complexity index is 1240. The van der Waals surface area contributed by atoms with E-state index in [9.17, 15) is 27.2 Å². The van der Waals surface area contributed by atoms with Crippen LogP contribution < -0.4 is 5.32 Å². The molecule has 36 heavy (non-hydrogen) atoms. The van der Waals surface area contributed by atoms with Gasteiger partial charge in [-0.1, -0.05) is 44.0 Å². The second-order valence-electron chi connectivity index (χ2n) is 9.19. The number of hydrogen-bond acceptors (Lipinski definition) is 5. The summed E-state index contributed by atoms with van der Waals surface area (Å²) in [5, 5.41) is 3.04. The van der Waals surface area contributed by atoms with Gasteiger partial charge in [-0.2, -0.15) is 0 Å². The summed E-state index contributed by atoms with van der Waals surface area (Å²) in [7, 11) is -4.05. The Hall–Kier alpha value is -3.27. The molecule has 0 radical (unpaired) electrons. The minimum atomic E-state index is -4.05. The molecule has 4 rings (SSSR count). The van der Waals surface area contributed by atoms with Gasteiger partial charge in [0.15, 0.2) is 0 Å². The van der Waals surface area contributed by atoms with Gasteiger partial charge in [0.05, 0.1) is 5.56 Å². The third-order valence-electron chi connectivity index (χ3n) is 6.79. The molecule has 2 aromatic rings. The Morgan fingerprint density at radius 1 is 1.11 bits per heavy atom. The molecule has 1 heterocycles. The standard InChI is InChI=1S/C26H30FN3O5S/c1-2-22(25(32)28-20-7-3-4-8-20)29(17-18-11-13-19(27)14-12-18)24(31)15-16-30-26(33)21-9-5-6-10-23(21)36(30,34)35/h5-6,9-14,20,22H,2-4,7-8,15-17H2,1H3,(H,28,32)/t22-/m0/s1. The molecule has 1 saturated carbocycles. The van der Waals surface area contributed by atoms with Crippen molar-refractivity contribution >= 4 is 27.7 Å². The first kappa shape index (κ1) is 25.8. The fourth-order valence-corrected chi connectivity index (χ4v) is 6.44. The molecule has 1 atom stereocenters. The molecule has 1 aliphatic heterocycles. The predicted octanol–water partition coefficient (Wildman–Crippen LogP) is 3.23. The van der Waals surface area contributed by atoms with E-state index in [4.69, 9.17) is 0 Å². The van der Waals surface area contributed by atoms with Crippen LogP contribution in [0.2, 0.25) is 0 Å². The number of hydrogen-bond donors (Lipinski definition) is 1. The molecule has 3 amide bonds. The minimum Gasteiger partial charge on any atom is -0.352 e. The van der Waals surface area contributed by atoms with Crippen molar-refractivity contribution in [2.24, 2.45) is 0 Å². The molecule has 0 saturated heterocycles. The number of nitrogens with one attached hydrogen (secondary N) is 1. The molecule has 192 valence electrons. The molecule has 1 N–H and O–H groups in total. The lowest BCUT2D eigenvalue weighted by Crippen LogP contribution is -2.51. The van der Waals surface area contributed by atoms with Crippen LogP contribution in [0.15, 0.2) is 53.4 Å². The van der Waals surface area contributed by atoms with Crippen molar-refractivity contribution in [3.05, 3.63) is 65.5 Å². The second-order valence-corrected chi connectivity index (χ2v) is 11.0. The van der Waals surface area contributed by atoms with Crippen LogP contribution in [0.3, 0.4) is 0 Å². The Balaban J connectivity index is 1.53. The first-order chi connectivity index (χ1) is 17.2. The molecule has 0 aromatic heterocycles. The maximum Gasteiger partial charge on any atom is 0.269 e. The molecule has 0 unspecified atom stereocenters. The largest absolute Gasteiger partial charge is 0.352 e. The number of sulfonamides is 1. The van der Waals surface area contributed by atoms with Crippen molar-refractivity contribution in [3.8, 4) is 0 Å². The average Bonchev–Trinajstić information content (AvgIpc) is 3.43. The highest BCUT2D eigenvalue weighted by Gasteiger charge is 2.41. The quantitative estimate of drug-likeness (QED) is 0.552. The Morgan fingerprint density at radius 2 is 1.78 bits per heavy atom. The Labute approximate surface area is 210 Å². The molecule has 0 bridgehead atoms. The van der Waals surface area contributed by atoms with Crippen molar-refractivity contribution in [3.63, 3.8) is 0 Å². The summed E-state index contributed by atoms with van der Waals surface area (Å²) in [5.74, 6) is -1.82. The van der Waals surface area contributed by atoms with Crippen LogP contribution in [-0.2, 0) is 26.2 Å². The zero-order valence-corrected chi connectivity index (χ0v) is 21.0. The molecule has 8 nitrogen and oxygen atoms in total. The van der Waals surface area contributed by atoms with E-state index in [-0.39, 0.29) is 41.9 Å². The molecular weight excluding hydrogens is 485 g/mol. The highest BCUT2D eigenvalue weighted by molar-refractivity contribution is 7.90. The predicted molar refractivity (Wildman–Crippen MR) is 131 cm³/mol. The monoisotopic (exact) mass is 515 g/mol. The molecule has 2 aromatic carbocycles. The number of rotatable bonds is 9. The first-order valence-corrected chi connectivity index (χ1v) is 13.7. The third kappa shape index (κ3) is 5.28. The van der Waals surface area contributed by atoms with Crippen molar-refractivity contribution < 1.29 is 27.2 Å². The van der Waals surface area contributed by atoms with Gasteiger partial charge in [0.25, 0.3) is 15.9 Å². The Morgan fingerprint density at radius 3 is 2.42 bits per heavy atom. The third-order valence-corrected chi connectivity index (χ3v) is 8.63.